The summed E-state index contributed by atoms with van der Waals surface area (Å²) < 4.78 is 0. The third-order valence-electron chi connectivity index (χ3n) is 2.96. The zero-order valence-corrected chi connectivity index (χ0v) is 27.4. The molecule has 0 heterocycles. The second-order valence-electron chi connectivity index (χ2n) is 4.97. The molecule has 176 valence electrons. The van der Waals surface area contributed by atoms with Gasteiger partial charge in [0.25, 0.3) is 0 Å². The Kier molecular flexibility index (Phi) is 50.6. The van der Waals surface area contributed by atoms with Crippen molar-refractivity contribution in [2.75, 3.05) is 0 Å². The maximum absolute atomic E-state index is 5.09. The van der Waals surface area contributed by atoms with Crippen LogP contribution >= 0.6 is 0 Å². The fourth-order valence-electron chi connectivity index (χ4n) is 1.76. The van der Waals surface area contributed by atoms with E-state index in [1.54, 1.807) is 0 Å². The van der Waals surface area contributed by atoms with E-state index < -0.39 is 0 Å². The Morgan fingerprint density at radius 1 is 0.545 bits per heavy atom. The first-order valence-electron chi connectivity index (χ1n) is 11.3. The van der Waals surface area contributed by atoms with E-state index in [-0.39, 0.29) is 42.1 Å². The third kappa shape index (κ3) is 32.3. The summed E-state index contributed by atoms with van der Waals surface area (Å²) in [7, 11) is 0. The zero-order chi connectivity index (χ0) is 24.0. The van der Waals surface area contributed by atoms with Gasteiger partial charge >= 0.3 is 0 Å². The van der Waals surface area contributed by atoms with E-state index in [1.807, 2.05) is 109 Å². The van der Waals surface area contributed by atoms with E-state index >= 15 is 0 Å². The molecule has 0 saturated carbocycles. The molecule has 0 bridgehead atoms. The molecule has 2 rings (SSSR count). The first-order valence-corrected chi connectivity index (χ1v) is 11.3. The normalized spacial score (nSPS) is 6.48. The summed E-state index contributed by atoms with van der Waals surface area (Å²) in [6, 6.07) is 19.9. The fourth-order valence-corrected chi connectivity index (χ4v) is 1.76. The SMILES string of the molecule is C#CCCC#Cc1ccccc1.CC.CC.CC.CC#CCCC#Cc1ccccc1.[W].[W]. The number of hydrogen-bond acceptors (Lipinski definition) is 0. The molecule has 0 spiro atoms. The molecule has 0 aliphatic heterocycles. The molecule has 0 fully saturated rings. The van der Waals surface area contributed by atoms with Gasteiger partial charge in [-0.05, 0) is 31.2 Å². The van der Waals surface area contributed by atoms with Crippen LogP contribution in [-0.4, -0.2) is 0 Å². The van der Waals surface area contributed by atoms with Crippen LogP contribution in [0.25, 0.3) is 0 Å². The average Bonchev–Trinajstić information content (AvgIpc) is 2.87. The van der Waals surface area contributed by atoms with E-state index in [0.29, 0.717) is 0 Å². The Morgan fingerprint density at radius 2 is 0.879 bits per heavy atom. The number of terminal acetylenes is 1. The summed E-state index contributed by atoms with van der Waals surface area (Å²) >= 11 is 0. The van der Waals surface area contributed by atoms with Crippen LogP contribution in [0.15, 0.2) is 60.7 Å². The maximum Gasteiger partial charge on any atom is 0.0245 e. The van der Waals surface area contributed by atoms with E-state index in [1.165, 1.54) is 0 Å². The van der Waals surface area contributed by atoms with Crippen molar-refractivity contribution >= 4 is 0 Å². The summed E-state index contributed by atoms with van der Waals surface area (Å²) in [6.45, 7) is 13.9. The minimum atomic E-state index is 0. The van der Waals surface area contributed by atoms with Crippen LogP contribution in [-0.2, 0) is 42.1 Å². The predicted octanol–water partition coefficient (Wildman–Crippen LogP) is 8.37. The molecule has 0 unspecified atom stereocenters. The van der Waals surface area contributed by atoms with Crippen molar-refractivity contribution in [1.82, 2.24) is 0 Å². The molecule has 0 saturated heterocycles. The molecule has 0 nitrogen and oxygen atoms in total. The predicted molar refractivity (Wildman–Crippen MR) is 141 cm³/mol. The molecule has 0 radical (unpaired) electrons. The van der Waals surface area contributed by atoms with Crippen molar-refractivity contribution in [3.63, 3.8) is 0 Å². The zero-order valence-electron chi connectivity index (χ0n) is 21.5. The summed E-state index contributed by atoms with van der Waals surface area (Å²) in [5.41, 5.74) is 2.13. The van der Waals surface area contributed by atoms with Gasteiger partial charge in [-0.1, -0.05) is 102 Å². The van der Waals surface area contributed by atoms with Gasteiger partial charge in [0.2, 0.25) is 0 Å². The molecular formula is C31H40W2. The van der Waals surface area contributed by atoms with Crippen molar-refractivity contribution in [3.05, 3.63) is 71.8 Å². The van der Waals surface area contributed by atoms with Crippen molar-refractivity contribution < 1.29 is 42.1 Å². The Balaban J connectivity index is -0.000000123. The maximum atomic E-state index is 5.09. The molecule has 0 aliphatic carbocycles. The van der Waals surface area contributed by atoms with E-state index in [4.69, 9.17) is 6.42 Å². The third-order valence-corrected chi connectivity index (χ3v) is 2.96. The van der Waals surface area contributed by atoms with Gasteiger partial charge in [-0.15, -0.1) is 24.2 Å². The minimum Gasteiger partial charge on any atom is -0.120 e. The van der Waals surface area contributed by atoms with Crippen LogP contribution in [0.2, 0.25) is 0 Å². The number of unbranched alkanes of at least 4 members (excludes halogenated alkanes) is 2. The first kappa shape index (κ1) is 41.3. The first-order chi connectivity index (χ1) is 15.4. The Morgan fingerprint density at radius 3 is 1.21 bits per heavy atom. The van der Waals surface area contributed by atoms with E-state index in [2.05, 4.69) is 41.4 Å². The van der Waals surface area contributed by atoms with Crippen LogP contribution in [0, 0.1) is 47.9 Å². The van der Waals surface area contributed by atoms with E-state index in [0.717, 1.165) is 36.8 Å². The standard InChI is InChI=1S/C13H12.C12H10.3C2H6.2W/c1-2-3-4-5-7-10-13-11-8-6-9-12-13;1-2-3-4-6-9-12-10-7-5-8-11-12;3*1-2;;/h6,8-9,11-12H,4-5H2,1H3;1,5,7-8,10-11H,3-4H2;3*1-2H3;;. The quantitative estimate of drug-likeness (QED) is 0.213. The molecule has 0 amide bonds. The van der Waals surface area contributed by atoms with E-state index in [9.17, 15) is 0 Å². The second-order valence-corrected chi connectivity index (χ2v) is 4.97. The molecule has 2 aromatic rings. The van der Waals surface area contributed by atoms with Gasteiger partial charge in [0, 0.05) is 78.9 Å². The van der Waals surface area contributed by atoms with Crippen molar-refractivity contribution in [2.45, 2.75) is 74.1 Å². The van der Waals surface area contributed by atoms with Gasteiger partial charge in [-0.2, -0.15) is 0 Å². The second kappa shape index (κ2) is 40.4. The number of rotatable bonds is 2. The van der Waals surface area contributed by atoms with Gasteiger partial charge < -0.3 is 0 Å². The topological polar surface area (TPSA) is 0 Å². The molecule has 2 aromatic carbocycles. The Labute approximate surface area is 234 Å². The van der Waals surface area contributed by atoms with Crippen LogP contribution in [0.4, 0.5) is 0 Å². The summed E-state index contributed by atoms with van der Waals surface area (Å²) in [5, 5.41) is 0. The molecule has 0 atom stereocenters. The number of benzene rings is 2. The minimum absolute atomic E-state index is 0. The summed E-state index contributed by atoms with van der Waals surface area (Å²) in [4.78, 5) is 0. The summed E-state index contributed by atoms with van der Waals surface area (Å²) in [6.07, 6.45) is 8.34. The van der Waals surface area contributed by atoms with Crippen LogP contribution in [0.5, 0.6) is 0 Å². The molecule has 0 aliphatic rings. The van der Waals surface area contributed by atoms with Gasteiger partial charge in [0.15, 0.2) is 0 Å². The molecule has 2 heteroatoms. The van der Waals surface area contributed by atoms with Gasteiger partial charge in [-0.3, -0.25) is 0 Å². The summed E-state index contributed by atoms with van der Waals surface area (Å²) in [5.74, 6) is 20.6. The number of hydrogen-bond donors (Lipinski definition) is 0. The van der Waals surface area contributed by atoms with Crippen molar-refractivity contribution in [2.24, 2.45) is 0 Å². The van der Waals surface area contributed by atoms with Gasteiger partial charge in [0.1, 0.15) is 0 Å². The Hall–Kier alpha value is -1.94. The van der Waals surface area contributed by atoms with Crippen LogP contribution < -0.4 is 0 Å². The van der Waals surface area contributed by atoms with Gasteiger partial charge in [-0.25, -0.2) is 0 Å². The van der Waals surface area contributed by atoms with Crippen molar-refractivity contribution in [3.8, 4) is 47.9 Å². The molecule has 0 aromatic heterocycles. The molecular weight excluding hydrogens is 740 g/mol. The Bertz CT molecular complexity index is 828. The fraction of sp³-hybridized carbons (Fsp3) is 0.355. The van der Waals surface area contributed by atoms with Crippen molar-refractivity contribution in [1.29, 1.82) is 0 Å². The molecule has 0 N–H and O–H groups in total. The van der Waals surface area contributed by atoms with Gasteiger partial charge in [0.05, 0.1) is 0 Å². The van der Waals surface area contributed by atoms with Crippen LogP contribution in [0.3, 0.4) is 0 Å². The van der Waals surface area contributed by atoms with Crippen LogP contribution in [0.1, 0.15) is 85.3 Å². The molecule has 33 heavy (non-hydrogen) atoms. The smallest absolute Gasteiger partial charge is 0.0245 e. The average molecular weight is 780 g/mol. The monoisotopic (exact) mass is 780 g/mol. The largest absolute Gasteiger partial charge is 0.120 e.